The van der Waals surface area contributed by atoms with Gasteiger partial charge in [0.15, 0.2) is 5.82 Å². The van der Waals surface area contributed by atoms with Gasteiger partial charge in [0.05, 0.1) is 6.20 Å². The van der Waals surface area contributed by atoms with E-state index in [1.54, 1.807) is 11.8 Å². The molecule has 4 nitrogen and oxygen atoms in total. The summed E-state index contributed by atoms with van der Waals surface area (Å²) in [5.41, 5.74) is 5.49. The van der Waals surface area contributed by atoms with Gasteiger partial charge in [-0.2, -0.15) is 16.7 Å². The Balaban J connectivity index is 2.73. The number of nitrogens with one attached hydrogen (secondary N) is 1. The fourth-order valence-electron chi connectivity index (χ4n) is 1.14. The Bertz CT molecular complexity index is 321. The molecule has 1 rings (SSSR count). The summed E-state index contributed by atoms with van der Waals surface area (Å²) >= 11 is 7.73. The molecule has 6 heteroatoms. The summed E-state index contributed by atoms with van der Waals surface area (Å²) in [5, 5.41) is 3.76. The highest BCUT2D eigenvalue weighted by atomic mass is 35.5. The number of halogens is 1. The standard InChI is InChI=1S/C9H15ClN4S/c1-3-6(5-15-2)13-8-7(10)4-12-9(11)14-8/h4,6H,3,5H2,1-2H3,(H3,11,12,13,14). The Kier molecular flexibility index (Phi) is 4.98. The molecule has 1 heterocycles. The lowest BCUT2D eigenvalue weighted by Gasteiger charge is -2.17. The van der Waals surface area contributed by atoms with E-state index >= 15 is 0 Å². The van der Waals surface area contributed by atoms with Gasteiger partial charge in [-0.05, 0) is 12.7 Å². The van der Waals surface area contributed by atoms with Crippen LogP contribution in [0.3, 0.4) is 0 Å². The molecular weight excluding hydrogens is 232 g/mol. The smallest absolute Gasteiger partial charge is 0.222 e. The number of nitrogens with zero attached hydrogens (tertiary/aromatic N) is 2. The van der Waals surface area contributed by atoms with E-state index in [0.717, 1.165) is 12.2 Å². The molecule has 0 amide bonds. The van der Waals surface area contributed by atoms with Crippen molar-refractivity contribution >= 4 is 35.1 Å². The van der Waals surface area contributed by atoms with Crippen LogP contribution in [0.4, 0.5) is 11.8 Å². The Morgan fingerprint density at radius 2 is 2.40 bits per heavy atom. The molecular formula is C9H15ClN4S. The zero-order chi connectivity index (χ0) is 11.3. The molecule has 0 saturated carbocycles. The highest BCUT2D eigenvalue weighted by Crippen LogP contribution is 2.20. The molecule has 0 aliphatic carbocycles. The largest absolute Gasteiger partial charge is 0.368 e. The second-order valence-corrected chi connectivity index (χ2v) is 4.45. The van der Waals surface area contributed by atoms with Crippen LogP contribution in [0.5, 0.6) is 0 Å². The SMILES string of the molecule is CCC(CSC)Nc1nc(N)ncc1Cl. The van der Waals surface area contributed by atoms with Crippen molar-refractivity contribution in [3.63, 3.8) is 0 Å². The number of nitrogen functional groups attached to an aromatic ring is 1. The maximum Gasteiger partial charge on any atom is 0.222 e. The zero-order valence-corrected chi connectivity index (χ0v) is 10.4. The van der Waals surface area contributed by atoms with Crippen LogP contribution in [0.1, 0.15) is 13.3 Å². The number of aromatic nitrogens is 2. The lowest BCUT2D eigenvalue weighted by atomic mass is 10.2. The first-order valence-corrected chi connectivity index (χ1v) is 6.48. The minimum absolute atomic E-state index is 0.237. The van der Waals surface area contributed by atoms with Gasteiger partial charge in [0, 0.05) is 11.8 Å². The fraction of sp³-hybridized carbons (Fsp3) is 0.556. The van der Waals surface area contributed by atoms with Crippen molar-refractivity contribution in [2.45, 2.75) is 19.4 Å². The maximum atomic E-state index is 5.95. The van der Waals surface area contributed by atoms with Gasteiger partial charge in [-0.1, -0.05) is 18.5 Å². The van der Waals surface area contributed by atoms with Gasteiger partial charge in [0.2, 0.25) is 5.95 Å². The molecule has 1 aromatic heterocycles. The van der Waals surface area contributed by atoms with E-state index in [9.17, 15) is 0 Å². The lowest BCUT2D eigenvalue weighted by Crippen LogP contribution is -2.22. The van der Waals surface area contributed by atoms with Gasteiger partial charge in [-0.15, -0.1) is 0 Å². The normalized spacial score (nSPS) is 12.5. The monoisotopic (exact) mass is 246 g/mol. The lowest BCUT2D eigenvalue weighted by molar-refractivity contribution is 0.769. The van der Waals surface area contributed by atoms with Crippen molar-refractivity contribution in [1.29, 1.82) is 0 Å². The number of rotatable bonds is 5. The first-order chi connectivity index (χ1) is 7.17. The molecule has 0 aliphatic rings. The van der Waals surface area contributed by atoms with E-state index in [1.807, 2.05) is 0 Å². The molecule has 0 aliphatic heterocycles. The van der Waals surface area contributed by atoms with E-state index in [0.29, 0.717) is 16.9 Å². The molecule has 1 aromatic rings. The second kappa shape index (κ2) is 6.02. The number of anilines is 2. The predicted octanol–water partition coefficient (Wildman–Crippen LogP) is 2.27. The zero-order valence-electron chi connectivity index (χ0n) is 8.83. The van der Waals surface area contributed by atoms with E-state index < -0.39 is 0 Å². The van der Waals surface area contributed by atoms with Crippen molar-refractivity contribution in [3.8, 4) is 0 Å². The van der Waals surface area contributed by atoms with Crippen LogP contribution in [0.25, 0.3) is 0 Å². The number of thioether (sulfide) groups is 1. The number of hydrogen-bond acceptors (Lipinski definition) is 5. The molecule has 0 radical (unpaired) electrons. The van der Waals surface area contributed by atoms with Gasteiger partial charge in [-0.25, -0.2) is 4.98 Å². The van der Waals surface area contributed by atoms with Crippen LogP contribution in [0, 0.1) is 0 Å². The third kappa shape index (κ3) is 3.76. The highest BCUT2D eigenvalue weighted by molar-refractivity contribution is 7.98. The van der Waals surface area contributed by atoms with Crippen molar-refractivity contribution in [2.24, 2.45) is 0 Å². The Morgan fingerprint density at radius 3 is 3.00 bits per heavy atom. The highest BCUT2D eigenvalue weighted by Gasteiger charge is 2.09. The average molecular weight is 247 g/mol. The quantitative estimate of drug-likeness (QED) is 0.835. The van der Waals surface area contributed by atoms with Crippen LogP contribution in [-0.4, -0.2) is 28.0 Å². The first-order valence-electron chi connectivity index (χ1n) is 4.70. The molecule has 0 spiro atoms. The fourth-order valence-corrected chi connectivity index (χ4v) is 2.01. The summed E-state index contributed by atoms with van der Waals surface area (Å²) in [7, 11) is 0. The van der Waals surface area contributed by atoms with Crippen LogP contribution in [0.15, 0.2) is 6.20 Å². The minimum Gasteiger partial charge on any atom is -0.368 e. The number of hydrogen-bond donors (Lipinski definition) is 2. The number of nitrogens with two attached hydrogens (primary N) is 1. The summed E-state index contributed by atoms with van der Waals surface area (Å²) in [6.45, 7) is 2.12. The summed E-state index contributed by atoms with van der Waals surface area (Å²) in [6, 6.07) is 0.354. The molecule has 1 atom stereocenters. The molecule has 0 fully saturated rings. The van der Waals surface area contributed by atoms with Crippen molar-refractivity contribution in [3.05, 3.63) is 11.2 Å². The van der Waals surface area contributed by atoms with E-state index in [1.165, 1.54) is 6.20 Å². The van der Waals surface area contributed by atoms with Gasteiger partial charge >= 0.3 is 0 Å². The Hall–Kier alpha value is -0.680. The van der Waals surface area contributed by atoms with E-state index in [4.69, 9.17) is 17.3 Å². The molecule has 0 saturated heterocycles. The Morgan fingerprint density at radius 1 is 1.67 bits per heavy atom. The van der Waals surface area contributed by atoms with Gasteiger partial charge < -0.3 is 11.1 Å². The predicted molar refractivity (Wildman–Crippen MR) is 67.5 cm³/mol. The molecule has 1 unspecified atom stereocenters. The van der Waals surface area contributed by atoms with Crippen molar-refractivity contribution in [1.82, 2.24) is 9.97 Å². The van der Waals surface area contributed by atoms with Gasteiger partial charge in [-0.3, -0.25) is 0 Å². The van der Waals surface area contributed by atoms with Crippen molar-refractivity contribution in [2.75, 3.05) is 23.1 Å². The first kappa shape index (κ1) is 12.4. The third-order valence-electron chi connectivity index (χ3n) is 1.96. The van der Waals surface area contributed by atoms with Crippen LogP contribution in [0.2, 0.25) is 5.02 Å². The average Bonchev–Trinajstić information content (AvgIpc) is 2.22. The van der Waals surface area contributed by atoms with Crippen LogP contribution in [-0.2, 0) is 0 Å². The third-order valence-corrected chi connectivity index (χ3v) is 2.98. The second-order valence-electron chi connectivity index (χ2n) is 3.13. The molecule has 0 aromatic carbocycles. The summed E-state index contributed by atoms with van der Waals surface area (Å²) < 4.78 is 0. The van der Waals surface area contributed by atoms with Gasteiger partial charge in [0.25, 0.3) is 0 Å². The van der Waals surface area contributed by atoms with Crippen LogP contribution >= 0.6 is 23.4 Å². The van der Waals surface area contributed by atoms with E-state index in [-0.39, 0.29) is 5.95 Å². The summed E-state index contributed by atoms with van der Waals surface area (Å²) in [4.78, 5) is 7.87. The summed E-state index contributed by atoms with van der Waals surface area (Å²) in [5.74, 6) is 1.86. The molecule has 3 N–H and O–H groups in total. The maximum absolute atomic E-state index is 5.95. The van der Waals surface area contributed by atoms with Crippen molar-refractivity contribution < 1.29 is 0 Å². The summed E-state index contributed by atoms with van der Waals surface area (Å²) in [6.07, 6.45) is 4.60. The molecule has 0 bridgehead atoms. The van der Waals surface area contributed by atoms with Crippen LogP contribution < -0.4 is 11.1 Å². The van der Waals surface area contributed by atoms with Gasteiger partial charge in [0.1, 0.15) is 5.02 Å². The topological polar surface area (TPSA) is 63.8 Å². The molecule has 84 valence electrons. The minimum atomic E-state index is 0.237. The Labute approximate surface area is 99.0 Å². The van der Waals surface area contributed by atoms with E-state index in [2.05, 4.69) is 28.5 Å². The molecule has 15 heavy (non-hydrogen) atoms.